The standard InChI is InChI=1S/OTe.Pb.V.2H/c1-2;;;;/q+1;;;;. The van der Waals surface area contributed by atoms with Gasteiger partial charge in [-0.3, -0.25) is 0 Å². The minimum absolute atomic E-state index is 0. The van der Waals surface area contributed by atoms with Gasteiger partial charge in [0.15, 0.2) is 0 Å². The summed E-state index contributed by atoms with van der Waals surface area (Å²) in [5.41, 5.74) is 0. The van der Waals surface area contributed by atoms with Crippen LogP contribution < -0.4 is 0 Å². The average Bonchev–Trinajstić information content (AvgIpc) is 1.00. The first-order chi connectivity index (χ1) is 1.00. The van der Waals surface area contributed by atoms with E-state index in [-0.39, 0.29) is 45.9 Å². The summed E-state index contributed by atoms with van der Waals surface area (Å²) in [6.45, 7) is 0. The summed E-state index contributed by atoms with van der Waals surface area (Å²) in [6, 6.07) is 0. The molecule has 0 aromatic carbocycles. The molecule has 4 heteroatoms. The topological polar surface area (TPSA) is 17.1 Å². The van der Waals surface area contributed by atoms with Crippen LogP contribution in [0.2, 0.25) is 0 Å². The number of hydrogen-bond acceptors (Lipinski definition) is 1. The molecule has 0 saturated heterocycles. The maximum atomic E-state index is 8.26. The smallest absolute Gasteiger partial charge is 0 e. The molecule has 0 N–H and O–H groups in total. The maximum absolute atomic E-state index is 8.26. The normalized spacial score (nSPS) is 1.00. The Labute approximate surface area is 70.2 Å². The van der Waals surface area contributed by atoms with Gasteiger partial charge in [-0.05, 0) is 0 Å². The van der Waals surface area contributed by atoms with E-state index in [0.29, 0.717) is 22.3 Å². The van der Waals surface area contributed by atoms with Crippen LogP contribution in [0.15, 0.2) is 0 Å². The van der Waals surface area contributed by atoms with E-state index in [1.165, 1.54) is 0 Å². The fraction of sp³-hybridized carbons (Fsp3) is 0. The van der Waals surface area contributed by atoms with Crippen molar-refractivity contribution in [2.24, 2.45) is 0 Å². The molecule has 0 amide bonds. The van der Waals surface area contributed by atoms with E-state index in [9.17, 15) is 0 Å². The van der Waals surface area contributed by atoms with Gasteiger partial charge in [0.1, 0.15) is 0 Å². The van der Waals surface area contributed by atoms with Crippen LogP contribution >= 0.6 is 0 Å². The zero-order chi connectivity index (χ0) is 2.00. The molecule has 0 atom stereocenters. The molecule has 0 aliphatic rings. The predicted molar refractivity (Wildman–Crippen MR) is 15.0 cm³/mol. The van der Waals surface area contributed by atoms with Crippen LogP contribution in [0.5, 0.6) is 0 Å². The molecule has 0 rings (SSSR count). The molecule has 0 aliphatic heterocycles. The average molecular weight is 404 g/mol. The second kappa shape index (κ2) is 19.5. The minimum Gasteiger partial charge on any atom is 0 e. The summed E-state index contributed by atoms with van der Waals surface area (Å²) in [6.07, 6.45) is 0. The summed E-state index contributed by atoms with van der Waals surface area (Å²) < 4.78 is 8.26. The van der Waals surface area contributed by atoms with E-state index in [2.05, 4.69) is 0 Å². The monoisotopic (exact) mass is 407 g/mol. The van der Waals surface area contributed by atoms with Gasteiger partial charge in [-0.1, -0.05) is 0 Å². The molecule has 22 valence electrons. The van der Waals surface area contributed by atoms with Gasteiger partial charge in [0, 0.05) is 18.6 Å². The van der Waals surface area contributed by atoms with Gasteiger partial charge >= 0.3 is 52.7 Å². The molecule has 0 aliphatic carbocycles. The van der Waals surface area contributed by atoms with Crippen LogP contribution in [0.3, 0.4) is 0 Å². The molecule has 0 saturated carbocycles. The molecule has 0 fully saturated rings. The molecule has 0 spiro atoms. The molecule has 0 aromatic heterocycles. The van der Waals surface area contributed by atoms with Gasteiger partial charge in [0.2, 0.25) is 0 Å². The van der Waals surface area contributed by atoms with Crippen molar-refractivity contribution in [1.29, 1.82) is 0 Å². The SMILES string of the molecule is O=[Te+].[PbH2].[V]. The van der Waals surface area contributed by atoms with Gasteiger partial charge in [0.25, 0.3) is 0 Å². The second-order valence-electron chi connectivity index (χ2n) is 0. The van der Waals surface area contributed by atoms with Crippen LogP contribution in [0, 0.1) is 0 Å². The minimum atomic E-state index is 0. The third-order valence-electron chi connectivity index (χ3n) is 0. The Bertz CT molecular complexity index is 8.00. The van der Waals surface area contributed by atoms with Crippen molar-refractivity contribution in [2.45, 2.75) is 0 Å². The number of hydrogen-bond donors (Lipinski definition) is 0. The molecular formula is H2OPbTeV+. The molecular weight excluding hydrogens is 402 g/mol. The predicted octanol–water partition coefficient (Wildman–Crippen LogP) is -1.42. The van der Waals surface area contributed by atoms with Gasteiger partial charge in [-0.15, -0.1) is 0 Å². The van der Waals surface area contributed by atoms with Crippen molar-refractivity contribution in [3.05, 3.63) is 0 Å². The summed E-state index contributed by atoms with van der Waals surface area (Å²) in [5.74, 6) is 0. The zero-order valence-corrected chi connectivity index (χ0v) is 11.2. The quantitative estimate of drug-likeness (QED) is 0.454. The van der Waals surface area contributed by atoms with Crippen molar-refractivity contribution < 1.29 is 21.7 Å². The van der Waals surface area contributed by atoms with E-state index in [4.69, 9.17) is 3.10 Å². The molecule has 1 nitrogen and oxygen atoms in total. The van der Waals surface area contributed by atoms with E-state index in [1.807, 2.05) is 0 Å². The Balaban J connectivity index is -0.00000000500. The van der Waals surface area contributed by atoms with Crippen LogP contribution in [-0.4, -0.2) is 49.6 Å². The fourth-order valence-electron chi connectivity index (χ4n) is 0. The Morgan fingerprint density at radius 2 is 1.25 bits per heavy atom. The first kappa shape index (κ1) is 16.5. The van der Waals surface area contributed by atoms with Crippen molar-refractivity contribution in [3.63, 3.8) is 0 Å². The van der Waals surface area contributed by atoms with Crippen LogP contribution in [0.4, 0.5) is 0 Å². The Morgan fingerprint density at radius 1 is 1.25 bits per heavy atom. The Morgan fingerprint density at radius 3 is 1.25 bits per heavy atom. The van der Waals surface area contributed by atoms with E-state index >= 15 is 0 Å². The van der Waals surface area contributed by atoms with E-state index in [1.54, 1.807) is 0 Å². The van der Waals surface area contributed by atoms with Crippen LogP contribution in [0.1, 0.15) is 0 Å². The fourth-order valence-corrected chi connectivity index (χ4v) is 0. The zero-order valence-electron chi connectivity index (χ0n) is 1.97. The summed E-state index contributed by atoms with van der Waals surface area (Å²) in [5, 5.41) is 0. The summed E-state index contributed by atoms with van der Waals surface area (Å²) >= 11 is 0.700. The van der Waals surface area contributed by atoms with Crippen molar-refractivity contribution >= 4 is 49.6 Å². The molecule has 4 radical (unpaired) electrons. The molecule has 0 unspecified atom stereocenters. The second-order valence-corrected chi connectivity index (χ2v) is 0. The number of rotatable bonds is 0. The summed E-state index contributed by atoms with van der Waals surface area (Å²) in [7, 11) is 0. The Hall–Kier alpha value is 2.10. The third-order valence-corrected chi connectivity index (χ3v) is 0. The first-order valence-corrected chi connectivity index (χ1v) is 1.12. The Kier molecular flexibility index (Phi) is 80.4. The molecule has 0 aromatic rings. The van der Waals surface area contributed by atoms with Gasteiger partial charge < -0.3 is 0 Å². The maximum Gasteiger partial charge on any atom is 0 e. The molecule has 4 heavy (non-hydrogen) atoms. The largest absolute Gasteiger partial charge is 0 e. The van der Waals surface area contributed by atoms with E-state index < -0.39 is 0 Å². The first-order valence-electron chi connectivity index (χ1n) is 0.167. The van der Waals surface area contributed by atoms with Crippen LogP contribution in [0.25, 0.3) is 0 Å². The molecule has 0 bridgehead atoms. The van der Waals surface area contributed by atoms with E-state index in [0.717, 1.165) is 0 Å². The van der Waals surface area contributed by atoms with Gasteiger partial charge in [-0.2, -0.15) is 0 Å². The van der Waals surface area contributed by atoms with Crippen molar-refractivity contribution in [1.82, 2.24) is 0 Å². The van der Waals surface area contributed by atoms with Gasteiger partial charge in [0.05, 0.1) is 0 Å². The van der Waals surface area contributed by atoms with Gasteiger partial charge in [-0.25, -0.2) is 0 Å². The molecule has 0 heterocycles. The third kappa shape index (κ3) is 8.94. The summed E-state index contributed by atoms with van der Waals surface area (Å²) in [4.78, 5) is 0. The van der Waals surface area contributed by atoms with Crippen molar-refractivity contribution in [3.8, 4) is 0 Å². The van der Waals surface area contributed by atoms with Crippen molar-refractivity contribution in [2.75, 3.05) is 0 Å². The van der Waals surface area contributed by atoms with Crippen LogP contribution in [-0.2, 0) is 21.7 Å².